The summed E-state index contributed by atoms with van der Waals surface area (Å²) in [4.78, 5) is 3.78. The number of thiophene rings is 1. The Morgan fingerprint density at radius 2 is 2.24 bits per heavy atom. The summed E-state index contributed by atoms with van der Waals surface area (Å²) in [6.07, 6.45) is 4.09. The van der Waals surface area contributed by atoms with Crippen molar-refractivity contribution in [3.8, 4) is 0 Å². The van der Waals surface area contributed by atoms with Gasteiger partial charge in [0.2, 0.25) is 0 Å². The molecule has 1 aliphatic heterocycles. The quantitative estimate of drug-likeness (QED) is 0.894. The van der Waals surface area contributed by atoms with Gasteiger partial charge in [-0.25, -0.2) is 0 Å². The van der Waals surface area contributed by atoms with E-state index in [0.717, 1.165) is 37.9 Å². The van der Waals surface area contributed by atoms with Gasteiger partial charge < -0.3 is 10.0 Å². The minimum Gasteiger partial charge on any atom is -0.385 e. The van der Waals surface area contributed by atoms with E-state index in [4.69, 9.17) is 0 Å². The molecule has 1 aliphatic rings. The Morgan fingerprint density at radius 3 is 2.88 bits per heavy atom. The van der Waals surface area contributed by atoms with Crippen LogP contribution in [0.5, 0.6) is 0 Å². The lowest BCUT2D eigenvalue weighted by molar-refractivity contribution is 0.0216. The largest absolute Gasteiger partial charge is 0.385 e. The van der Waals surface area contributed by atoms with E-state index in [9.17, 15) is 5.11 Å². The van der Waals surface area contributed by atoms with Crippen molar-refractivity contribution in [1.29, 1.82) is 0 Å². The second kappa shape index (κ2) is 5.51. The van der Waals surface area contributed by atoms with E-state index in [-0.39, 0.29) is 0 Å². The van der Waals surface area contributed by atoms with Gasteiger partial charge >= 0.3 is 0 Å². The minimum atomic E-state index is -0.576. The zero-order valence-corrected chi connectivity index (χ0v) is 11.7. The highest BCUT2D eigenvalue weighted by atomic mass is 32.1. The number of hydrogen-bond acceptors (Lipinski definition) is 3. The van der Waals surface area contributed by atoms with Crippen LogP contribution in [-0.2, 0) is 5.60 Å². The maximum absolute atomic E-state index is 10.8. The molecule has 0 spiro atoms. The highest BCUT2D eigenvalue weighted by molar-refractivity contribution is 7.10. The van der Waals surface area contributed by atoms with Gasteiger partial charge in [-0.05, 0) is 62.7 Å². The molecule has 1 unspecified atom stereocenters. The summed E-state index contributed by atoms with van der Waals surface area (Å²) < 4.78 is 0. The van der Waals surface area contributed by atoms with Crippen molar-refractivity contribution >= 4 is 11.3 Å². The molecule has 0 radical (unpaired) electrons. The Morgan fingerprint density at radius 1 is 1.41 bits per heavy atom. The third-order valence-electron chi connectivity index (χ3n) is 3.71. The molecule has 0 saturated carbocycles. The van der Waals surface area contributed by atoms with Gasteiger partial charge in [0.1, 0.15) is 0 Å². The van der Waals surface area contributed by atoms with Gasteiger partial charge in [-0.3, -0.25) is 0 Å². The first kappa shape index (κ1) is 13.1. The van der Waals surface area contributed by atoms with Crippen molar-refractivity contribution in [1.82, 2.24) is 4.90 Å². The van der Waals surface area contributed by atoms with E-state index < -0.39 is 5.60 Å². The van der Waals surface area contributed by atoms with E-state index in [0.29, 0.717) is 0 Å². The molecule has 1 aromatic heterocycles. The summed E-state index contributed by atoms with van der Waals surface area (Å²) in [5, 5.41) is 12.9. The Bertz CT molecular complexity index is 363. The third kappa shape index (κ3) is 3.09. The normalized spacial score (nSPS) is 27.0. The fraction of sp³-hybridized carbons (Fsp3) is 0.714. The van der Waals surface area contributed by atoms with Crippen molar-refractivity contribution in [3.05, 3.63) is 21.9 Å². The molecular formula is C14H23NOS. The molecule has 1 aromatic rings. The molecule has 1 saturated heterocycles. The Balaban J connectivity index is 2.06. The standard InChI is InChI=1S/C14H23NOS/c1-3-7-15-8-4-5-14(16,6-9-15)13-10-12(2)17-11-13/h10-11,16H,3-9H2,1-2H3. The van der Waals surface area contributed by atoms with Gasteiger partial charge in [-0.15, -0.1) is 11.3 Å². The fourth-order valence-electron chi connectivity index (χ4n) is 2.69. The van der Waals surface area contributed by atoms with Gasteiger partial charge in [0.05, 0.1) is 5.60 Å². The Kier molecular flexibility index (Phi) is 4.23. The summed E-state index contributed by atoms with van der Waals surface area (Å²) in [7, 11) is 0. The number of aryl methyl sites for hydroxylation is 1. The number of nitrogens with zero attached hydrogens (tertiary/aromatic N) is 1. The van der Waals surface area contributed by atoms with Crippen molar-refractivity contribution < 1.29 is 5.11 Å². The van der Waals surface area contributed by atoms with Crippen LogP contribution in [0.4, 0.5) is 0 Å². The predicted molar refractivity (Wildman–Crippen MR) is 73.5 cm³/mol. The molecule has 1 N–H and O–H groups in total. The van der Waals surface area contributed by atoms with Crippen LogP contribution in [0.1, 0.15) is 43.0 Å². The summed E-state index contributed by atoms with van der Waals surface area (Å²) in [6.45, 7) is 7.66. The lowest BCUT2D eigenvalue weighted by Gasteiger charge is -2.26. The molecular weight excluding hydrogens is 230 g/mol. The molecule has 2 heterocycles. The van der Waals surface area contributed by atoms with E-state index in [1.807, 2.05) is 0 Å². The molecule has 1 fully saturated rings. The van der Waals surface area contributed by atoms with Crippen LogP contribution in [-0.4, -0.2) is 29.6 Å². The van der Waals surface area contributed by atoms with Crippen LogP contribution < -0.4 is 0 Å². The first-order chi connectivity index (χ1) is 8.14. The zero-order chi connectivity index (χ0) is 12.3. The van der Waals surface area contributed by atoms with Crippen LogP contribution in [0.3, 0.4) is 0 Å². The lowest BCUT2D eigenvalue weighted by atomic mass is 9.88. The zero-order valence-electron chi connectivity index (χ0n) is 10.9. The van der Waals surface area contributed by atoms with Crippen LogP contribution in [0.15, 0.2) is 11.4 Å². The summed E-state index contributed by atoms with van der Waals surface area (Å²) in [6, 6.07) is 2.15. The smallest absolute Gasteiger partial charge is 0.0917 e. The van der Waals surface area contributed by atoms with E-state index >= 15 is 0 Å². The lowest BCUT2D eigenvalue weighted by Crippen LogP contribution is -2.29. The van der Waals surface area contributed by atoms with Crippen LogP contribution >= 0.6 is 11.3 Å². The van der Waals surface area contributed by atoms with Crippen molar-refractivity contribution in [2.75, 3.05) is 19.6 Å². The highest BCUT2D eigenvalue weighted by Crippen LogP contribution is 2.35. The maximum Gasteiger partial charge on any atom is 0.0917 e. The second-order valence-electron chi connectivity index (χ2n) is 5.17. The van der Waals surface area contributed by atoms with Gasteiger partial charge in [0, 0.05) is 11.4 Å². The van der Waals surface area contributed by atoms with Gasteiger partial charge in [0.15, 0.2) is 0 Å². The average molecular weight is 253 g/mol. The molecule has 3 heteroatoms. The summed E-state index contributed by atoms with van der Waals surface area (Å²) in [5.74, 6) is 0. The molecule has 0 amide bonds. The topological polar surface area (TPSA) is 23.5 Å². The summed E-state index contributed by atoms with van der Waals surface area (Å²) >= 11 is 1.74. The number of rotatable bonds is 3. The molecule has 2 nitrogen and oxygen atoms in total. The highest BCUT2D eigenvalue weighted by Gasteiger charge is 2.32. The predicted octanol–water partition coefficient (Wildman–Crippen LogP) is 3.14. The maximum atomic E-state index is 10.8. The SMILES string of the molecule is CCCN1CCCC(O)(c2csc(C)c2)CC1. The van der Waals surface area contributed by atoms with Gasteiger partial charge in [-0.1, -0.05) is 6.92 Å². The Hall–Kier alpha value is -0.380. The van der Waals surface area contributed by atoms with E-state index in [1.54, 1.807) is 11.3 Å². The van der Waals surface area contributed by atoms with Crippen molar-refractivity contribution in [3.63, 3.8) is 0 Å². The van der Waals surface area contributed by atoms with E-state index in [2.05, 4.69) is 30.2 Å². The molecule has 0 aromatic carbocycles. The van der Waals surface area contributed by atoms with Gasteiger partial charge in [-0.2, -0.15) is 0 Å². The third-order valence-corrected chi connectivity index (χ3v) is 4.58. The second-order valence-corrected chi connectivity index (χ2v) is 6.29. The number of aliphatic hydroxyl groups is 1. The molecule has 17 heavy (non-hydrogen) atoms. The van der Waals surface area contributed by atoms with Crippen molar-refractivity contribution in [2.24, 2.45) is 0 Å². The number of likely N-dealkylation sites (tertiary alicyclic amines) is 1. The van der Waals surface area contributed by atoms with Crippen LogP contribution in [0, 0.1) is 6.92 Å². The van der Waals surface area contributed by atoms with Crippen LogP contribution in [0.25, 0.3) is 0 Å². The fourth-order valence-corrected chi connectivity index (χ4v) is 3.49. The Labute approximate surface area is 108 Å². The molecule has 2 rings (SSSR count). The monoisotopic (exact) mass is 253 g/mol. The van der Waals surface area contributed by atoms with E-state index in [1.165, 1.54) is 17.8 Å². The molecule has 0 bridgehead atoms. The first-order valence-electron chi connectivity index (χ1n) is 6.64. The van der Waals surface area contributed by atoms with Gasteiger partial charge in [0.25, 0.3) is 0 Å². The molecule has 96 valence electrons. The molecule has 1 atom stereocenters. The van der Waals surface area contributed by atoms with Crippen LogP contribution in [0.2, 0.25) is 0 Å². The molecule has 0 aliphatic carbocycles. The number of hydrogen-bond donors (Lipinski definition) is 1. The minimum absolute atomic E-state index is 0.576. The average Bonchev–Trinajstić information content (AvgIpc) is 2.65. The summed E-state index contributed by atoms with van der Waals surface area (Å²) in [5.41, 5.74) is 0.561. The van der Waals surface area contributed by atoms with Crippen molar-refractivity contribution in [2.45, 2.75) is 45.1 Å². The first-order valence-corrected chi connectivity index (χ1v) is 7.52.